The molecule has 0 aliphatic heterocycles. The summed E-state index contributed by atoms with van der Waals surface area (Å²) in [5, 5.41) is 8.63. The Hall–Kier alpha value is -1.33. The molecule has 13 heavy (non-hydrogen) atoms. The molecule has 0 saturated carbocycles. The minimum Gasteiger partial charge on any atom is -0.326 e. The number of nitrogens with zero attached hydrogens (tertiary/aromatic N) is 1. The molecule has 2 nitrogen and oxygen atoms in total. The molecule has 2 heteroatoms. The van der Waals surface area contributed by atoms with E-state index in [2.05, 4.69) is 6.07 Å². The average molecular weight is 174 g/mol. The van der Waals surface area contributed by atoms with Crippen molar-refractivity contribution in [3.8, 4) is 6.07 Å². The lowest BCUT2D eigenvalue weighted by atomic mass is 10.0. The predicted molar refractivity (Wildman–Crippen MR) is 52.8 cm³/mol. The van der Waals surface area contributed by atoms with Crippen molar-refractivity contribution in [2.24, 2.45) is 11.7 Å². The highest BCUT2D eigenvalue weighted by atomic mass is 14.5. The van der Waals surface area contributed by atoms with Crippen LogP contribution in [0.2, 0.25) is 0 Å². The molecule has 1 rings (SSSR count). The first-order chi connectivity index (χ1) is 6.26. The molecular formula is C11H14N2. The first-order valence-corrected chi connectivity index (χ1v) is 4.43. The lowest BCUT2D eigenvalue weighted by Gasteiger charge is -2.03. The SMILES string of the molecule is CC(C#N)Cc1ccc(CN)cc1. The number of hydrogen-bond donors (Lipinski definition) is 1. The van der Waals surface area contributed by atoms with Gasteiger partial charge in [-0.3, -0.25) is 0 Å². The third-order valence-electron chi connectivity index (χ3n) is 2.02. The van der Waals surface area contributed by atoms with E-state index in [9.17, 15) is 0 Å². The van der Waals surface area contributed by atoms with Gasteiger partial charge < -0.3 is 5.73 Å². The van der Waals surface area contributed by atoms with Gasteiger partial charge in [0.25, 0.3) is 0 Å². The predicted octanol–water partition coefficient (Wildman–Crippen LogP) is 1.85. The van der Waals surface area contributed by atoms with Gasteiger partial charge in [0, 0.05) is 12.5 Å². The molecule has 0 heterocycles. The Morgan fingerprint density at radius 1 is 1.31 bits per heavy atom. The van der Waals surface area contributed by atoms with Gasteiger partial charge in [-0.25, -0.2) is 0 Å². The van der Waals surface area contributed by atoms with Crippen LogP contribution in [0.3, 0.4) is 0 Å². The van der Waals surface area contributed by atoms with Gasteiger partial charge in [0.15, 0.2) is 0 Å². The average Bonchev–Trinajstić information content (AvgIpc) is 2.19. The highest BCUT2D eigenvalue weighted by Gasteiger charge is 2.00. The summed E-state index contributed by atoms with van der Waals surface area (Å²) in [6.45, 7) is 2.50. The van der Waals surface area contributed by atoms with Crippen LogP contribution < -0.4 is 5.73 Å². The van der Waals surface area contributed by atoms with Gasteiger partial charge in [-0.2, -0.15) is 5.26 Å². The molecule has 0 aliphatic carbocycles. The maximum absolute atomic E-state index is 8.63. The van der Waals surface area contributed by atoms with Crippen LogP contribution in [0.25, 0.3) is 0 Å². The van der Waals surface area contributed by atoms with Crippen LogP contribution in [0.4, 0.5) is 0 Å². The van der Waals surface area contributed by atoms with Crippen molar-refractivity contribution in [2.45, 2.75) is 19.9 Å². The molecule has 0 fully saturated rings. The number of nitrogens with two attached hydrogens (primary N) is 1. The third kappa shape index (κ3) is 2.89. The van der Waals surface area contributed by atoms with Crippen molar-refractivity contribution in [3.63, 3.8) is 0 Å². The van der Waals surface area contributed by atoms with Crippen LogP contribution in [-0.2, 0) is 13.0 Å². The topological polar surface area (TPSA) is 49.8 Å². The van der Waals surface area contributed by atoms with E-state index in [1.807, 2.05) is 31.2 Å². The first-order valence-electron chi connectivity index (χ1n) is 4.43. The fourth-order valence-corrected chi connectivity index (χ4v) is 1.21. The Morgan fingerprint density at radius 2 is 1.85 bits per heavy atom. The zero-order chi connectivity index (χ0) is 9.68. The molecule has 1 aromatic carbocycles. The summed E-state index contributed by atoms with van der Waals surface area (Å²) in [6.07, 6.45) is 0.821. The van der Waals surface area contributed by atoms with Gasteiger partial charge in [0.1, 0.15) is 0 Å². The van der Waals surface area contributed by atoms with Gasteiger partial charge in [0.2, 0.25) is 0 Å². The standard InChI is InChI=1S/C11H14N2/c1-9(7-12)6-10-2-4-11(8-13)5-3-10/h2-5,9H,6,8,13H2,1H3. The molecule has 68 valence electrons. The molecule has 1 aromatic rings. The maximum atomic E-state index is 8.63. The lowest BCUT2D eigenvalue weighted by molar-refractivity contribution is 0.738. The molecule has 0 saturated heterocycles. The molecule has 0 bridgehead atoms. The fourth-order valence-electron chi connectivity index (χ4n) is 1.21. The summed E-state index contributed by atoms with van der Waals surface area (Å²) < 4.78 is 0. The van der Waals surface area contributed by atoms with Crippen molar-refractivity contribution in [2.75, 3.05) is 0 Å². The van der Waals surface area contributed by atoms with E-state index in [0.29, 0.717) is 6.54 Å². The summed E-state index contributed by atoms with van der Waals surface area (Å²) in [5.74, 6) is 0.0868. The lowest BCUT2D eigenvalue weighted by Crippen LogP contribution is -1.98. The van der Waals surface area contributed by atoms with Crippen molar-refractivity contribution in [1.82, 2.24) is 0 Å². The van der Waals surface area contributed by atoms with Gasteiger partial charge in [0.05, 0.1) is 6.07 Å². The highest BCUT2D eigenvalue weighted by Crippen LogP contribution is 2.09. The quantitative estimate of drug-likeness (QED) is 0.760. The molecular weight excluding hydrogens is 160 g/mol. The Morgan fingerprint density at radius 3 is 2.31 bits per heavy atom. The molecule has 0 aliphatic rings. The van der Waals surface area contributed by atoms with Gasteiger partial charge in [-0.15, -0.1) is 0 Å². The van der Waals surface area contributed by atoms with Crippen molar-refractivity contribution < 1.29 is 0 Å². The summed E-state index contributed by atoms with van der Waals surface area (Å²) in [7, 11) is 0. The van der Waals surface area contributed by atoms with Gasteiger partial charge in [-0.05, 0) is 24.5 Å². The Labute approximate surface area is 79.0 Å². The molecule has 0 amide bonds. The number of nitriles is 1. The maximum Gasteiger partial charge on any atom is 0.0656 e. The van der Waals surface area contributed by atoms with Crippen LogP contribution in [0.15, 0.2) is 24.3 Å². The fraction of sp³-hybridized carbons (Fsp3) is 0.364. The van der Waals surface area contributed by atoms with Crippen molar-refractivity contribution in [1.29, 1.82) is 5.26 Å². The monoisotopic (exact) mass is 174 g/mol. The molecule has 0 spiro atoms. The zero-order valence-corrected chi connectivity index (χ0v) is 7.83. The largest absolute Gasteiger partial charge is 0.326 e. The zero-order valence-electron chi connectivity index (χ0n) is 7.83. The second kappa shape index (κ2) is 4.64. The van der Waals surface area contributed by atoms with Crippen LogP contribution in [0.5, 0.6) is 0 Å². The van der Waals surface area contributed by atoms with E-state index in [1.165, 1.54) is 5.56 Å². The van der Waals surface area contributed by atoms with Gasteiger partial charge in [-0.1, -0.05) is 24.3 Å². The number of rotatable bonds is 3. The van der Waals surface area contributed by atoms with Gasteiger partial charge >= 0.3 is 0 Å². The summed E-state index contributed by atoms with van der Waals surface area (Å²) in [5.41, 5.74) is 7.81. The minimum absolute atomic E-state index is 0.0868. The number of benzene rings is 1. The van der Waals surface area contributed by atoms with Crippen LogP contribution in [0, 0.1) is 17.2 Å². The summed E-state index contributed by atoms with van der Waals surface area (Å²) in [4.78, 5) is 0. The van der Waals surface area contributed by atoms with E-state index < -0.39 is 0 Å². The molecule has 0 aromatic heterocycles. The van der Waals surface area contributed by atoms with E-state index in [0.717, 1.165) is 12.0 Å². The van der Waals surface area contributed by atoms with Crippen molar-refractivity contribution >= 4 is 0 Å². The van der Waals surface area contributed by atoms with Crippen molar-refractivity contribution in [3.05, 3.63) is 35.4 Å². The van der Waals surface area contributed by atoms with E-state index in [-0.39, 0.29) is 5.92 Å². The van der Waals surface area contributed by atoms with E-state index >= 15 is 0 Å². The normalized spacial score (nSPS) is 12.1. The molecule has 1 atom stereocenters. The second-order valence-electron chi connectivity index (χ2n) is 3.25. The van der Waals surface area contributed by atoms with Crippen LogP contribution in [0.1, 0.15) is 18.1 Å². The smallest absolute Gasteiger partial charge is 0.0656 e. The van der Waals surface area contributed by atoms with E-state index in [4.69, 9.17) is 11.0 Å². The van der Waals surface area contributed by atoms with Crippen LogP contribution in [-0.4, -0.2) is 0 Å². The van der Waals surface area contributed by atoms with E-state index in [1.54, 1.807) is 0 Å². The first kappa shape index (κ1) is 9.76. The Balaban J connectivity index is 2.65. The molecule has 2 N–H and O–H groups in total. The second-order valence-corrected chi connectivity index (χ2v) is 3.25. The third-order valence-corrected chi connectivity index (χ3v) is 2.02. The summed E-state index contributed by atoms with van der Waals surface area (Å²) >= 11 is 0. The molecule has 1 unspecified atom stereocenters. The highest BCUT2D eigenvalue weighted by molar-refractivity contribution is 5.23. The number of hydrogen-bond acceptors (Lipinski definition) is 2. The minimum atomic E-state index is 0.0868. The Bertz CT molecular complexity index is 295. The summed E-state index contributed by atoms with van der Waals surface area (Å²) in [6, 6.07) is 10.3. The Kier molecular flexibility index (Phi) is 3.48. The van der Waals surface area contributed by atoms with Crippen LogP contribution >= 0.6 is 0 Å². The molecule has 0 radical (unpaired) electrons.